The Labute approximate surface area is 245 Å². The van der Waals surface area contributed by atoms with E-state index < -0.39 is 52.3 Å². The van der Waals surface area contributed by atoms with Crippen molar-refractivity contribution < 1.29 is 38.8 Å². The first-order valence-corrected chi connectivity index (χ1v) is 14.4. The summed E-state index contributed by atoms with van der Waals surface area (Å²) >= 11 is 0. The number of amides is 1. The number of piperidine rings is 1. The highest BCUT2D eigenvalue weighted by Gasteiger charge is 2.64. The number of nitrogens with zero attached hydrogens (tertiary/aromatic N) is 2. The third kappa shape index (κ3) is 4.32. The number of hydrogen-bond acceptors (Lipinski definition) is 10. The van der Waals surface area contributed by atoms with E-state index in [1.165, 1.54) is 14.2 Å². The highest BCUT2D eigenvalue weighted by Crippen LogP contribution is 2.56. The number of ether oxygens (including phenoxy) is 3. The van der Waals surface area contributed by atoms with E-state index in [1.807, 2.05) is 0 Å². The van der Waals surface area contributed by atoms with Crippen LogP contribution >= 0.6 is 0 Å². The molecule has 1 amide bonds. The molecule has 0 saturated carbocycles. The van der Waals surface area contributed by atoms with Gasteiger partial charge in [0, 0.05) is 36.3 Å². The molecular weight excluding hydrogens is 542 g/mol. The Morgan fingerprint density at radius 1 is 1.14 bits per heavy atom. The third-order valence-corrected chi connectivity index (χ3v) is 9.70. The number of carbonyl (C=O) groups is 3. The molecule has 0 radical (unpaired) electrons. The number of aromatic hydroxyl groups is 1. The van der Waals surface area contributed by atoms with Crippen LogP contribution in [0, 0.1) is 17.8 Å². The number of phenols is 1. The van der Waals surface area contributed by atoms with Gasteiger partial charge in [0.15, 0.2) is 17.2 Å². The SMILES string of the molecule is COC1=C2C(=O)c3c(O)cc(CN4CCC(C)CC4)c(OC)c3C[C@H]2C[C@H]2[C@H](N(C)C)C(=O)C(C(N)=O)=C(O)[C@@]12OC. The molecule has 1 aromatic carbocycles. The quantitative estimate of drug-likeness (QED) is 0.407. The maximum atomic E-state index is 14.3. The van der Waals surface area contributed by atoms with Crippen LogP contribution in [0.15, 0.2) is 28.7 Å². The normalized spacial score (nSPS) is 28.5. The standard InChI is InChI=1S/C31H41N3O8/c1-15-7-9-34(10-8-15)14-17-13-20(35)22-18(27(17)40-4)11-16-12-19-24(33(2)3)26(37)23(30(32)39)28(38)31(19,42-6)29(41-5)21(16)25(22)36/h13,15-16,19,24,35,38H,7-12,14H2,1-6H3,(H2,32,39)/t16-,19-,24-,31+/m0/s1. The first-order valence-electron chi connectivity index (χ1n) is 14.4. The molecule has 5 rings (SSSR count). The molecule has 42 heavy (non-hydrogen) atoms. The van der Waals surface area contributed by atoms with E-state index >= 15 is 0 Å². The number of phenolic OH excluding ortho intramolecular Hbond substituents is 1. The van der Waals surface area contributed by atoms with Gasteiger partial charge in [-0.2, -0.15) is 0 Å². The third-order valence-electron chi connectivity index (χ3n) is 9.70. The van der Waals surface area contributed by atoms with Crippen molar-refractivity contribution in [3.63, 3.8) is 0 Å². The summed E-state index contributed by atoms with van der Waals surface area (Å²) in [5, 5.41) is 22.7. The van der Waals surface area contributed by atoms with Crippen molar-refractivity contribution in [1.82, 2.24) is 9.80 Å². The smallest absolute Gasteiger partial charge is 0.255 e. The summed E-state index contributed by atoms with van der Waals surface area (Å²) in [7, 11) is 7.65. The predicted molar refractivity (Wildman–Crippen MR) is 153 cm³/mol. The van der Waals surface area contributed by atoms with Crippen LogP contribution < -0.4 is 10.5 Å². The largest absolute Gasteiger partial charge is 0.508 e. The van der Waals surface area contributed by atoms with Gasteiger partial charge in [-0.3, -0.25) is 24.2 Å². The van der Waals surface area contributed by atoms with Crippen LogP contribution in [0.1, 0.15) is 47.7 Å². The zero-order valence-corrected chi connectivity index (χ0v) is 25.2. The van der Waals surface area contributed by atoms with Crippen molar-refractivity contribution in [2.45, 2.75) is 50.8 Å². The molecule has 0 spiro atoms. The second kappa shape index (κ2) is 11.0. The van der Waals surface area contributed by atoms with Crippen molar-refractivity contribution in [2.24, 2.45) is 23.5 Å². The van der Waals surface area contributed by atoms with E-state index in [1.54, 1.807) is 32.2 Å². The molecule has 4 N–H and O–H groups in total. The zero-order chi connectivity index (χ0) is 30.7. The Hall–Kier alpha value is -3.41. The van der Waals surface area contributed by atoms with Crippen molar-refractivity contribution in [3.05, 3.63) is 45.4 Å². The van der Waals surface area contributed by atoms with Gasteiger partial charge in [0.1, 0.15) is 28.6 Å². The number of allylic oxidation sites excluding steroid dienone is 1. The molecule has 1 heterocycles. The Morgan fingerprint density at radius 2 is 1.81 bits per heavy atom. The van der Waals surface area contributed by atoms with E-state index in [-0.39, 0.29) is 29.1 Å². The lowest BCUT2D eigenvalue weighted by atomic mass is 9.58. The fourth-order valence-electron chi connectivity index (χ4n) is 7.75. The van der Waals surface area contributed by atoms with E-state index in [4.69, 9.17) is 19.9 Å². The van der Waals surface area contributed by atoms with Gasteiger partial charge in [-0.1, -0.05) is 6.92 Å². The topological polar surface area (TPSA) is 152 Å². The fraction of sp³-hybridized carbons (Fsp3) is 0.581. The molecule has 11 heteroatoms. The first kappa shape index (κ1) is 30.1. The van der Waals surface area contributed by atoms with Crippen LogP contribution in [0.25, 0.3) is 0 Å². The van der Waals surface area contributed by atoms with Crippen LogP contribution in [-0.4, -0.2) is 97.6 Å². The number of aliphatic hydroxyl groups is 1. The lowest BCUT2D eigenvalue weighted by Gasteiger charge is -2.52. The van der Waals surface area contributed by atoms with Crippen LogP contribution in [0.4, 0.5) is 0 Å². The van der Waals surface area contributed by atoms with E-state index in [0.29, 0.717) is 30.2 Å². The monoisotopic (exact) mass is 583 g/mol. The van der Waals surface area contributed by atoms with Gasteiger partial charge in [-0.25, -0.2) is 0 Å². The molecular formula is C31H41N3O8. The number of likely N-dealkylation sites (N-methyl/N-ethyl adjacent to an activating group) is 1. The van der Waals surface area contributed by atoms with Gasteiger partial charge >= 0.3 is 0 Å². The van der Waals surface area contributed by atoms with Gasteiger partial charge in [0.2, 0.25) is 0 Å². The van der Waals surface area contributed by atoms with Crippen molar-refractivity contribution >= 4 is 17.5 Å². The average molecular weight is 584 g/mol. The molecule has 0 bridgehead atoms. The molecule has 0 unspecified atom stereocenters. The number of ketones is 2. The molecule has 3 aliphatic carbocycles. The van der Waals surface area contributed by atoms with E-state index in [0.717, 1.165) is 31.5 Å². The highest BCUT2D eigenvalue weighted by molar-refractivity contribution is 6.22. The van der Waals surface area contributed by atoms with E-state index in [2.05, 4.69) is 11.8 Å². The minimum atomic E-state index is -1.81. The summed E-state index contributed by atoms with van der Waals surface area (Å²) in [6.07, 6.45) is 2.79. The molecule has 11 nitrogen and oxygen atoms in total. The van der Waals surface area contributed by atoms with Crippen molar-refractivity contribution in [1.29, 1.82) is 0 Å². The lowest BCUT2D eigenvalue weighted by molar-refractivity contribution is -0.141. The molecule has 4 atom stereocenters. The van der Waals surface area contributed by atoms with Crippen LogP contribution in [0.5, 0.6) is 11.5 Å². The van der Waals surface area contributed by atoms with Gasteiger partial charge in [-0.05, 0) is 70.8 Å². The Balaban J connectivity index is 1.69. The molecule has 1 aliphatic heterocycles. The van der Waals surface area contributed by atoms with Gasteiger partial charge in [0.25, 0.3) is 5.91 Å². The average Bonchev–Trinajstić information content (AvgIpc) is 2.93. The minimum absolute atomic E-state index is 0.00220. The maximum Gasteiger partial charge on any atom is 0.255 e. The number of carbonyl (C=O) groups excluding carboxylic acids is 3. The summed E-state index contributed by atoms with van der Waals surface area (Å²) in [5.74, 6) is -2.92. The van der Waals surface area contributed by atoms with Crippen molar-refractivity contribution in [2.75, 3.05) is 48.5 Å². The number of benzene rings is 1. The number of rotatable bonds is 7. The number of nitrogens with two attached hydrogens (primary N) is 1. The van der Waals surface area contributed by atoms with Gasteiger partial charge in [-0.15, -0.1) is 0 Å². The maximum absolute atomic E-state index is 14.3. The molecule has 1 aromatic rings. The predicted octanol–water partition coefficient (Wildman–Crippen LogP) is 2.10. The Morgan fingerprint density at radius 3 is 2.36 bits per heavy atom. The number of primary amides is 1. The number of methoxy groups -OCH3 is 3. The number of Topliss-reactive ketones (excluding diaryl/α,β-unsaturated/α-hetero) is 2. The first-order chi connectivity index (χ1) is 19.9. The summed E-state index contributed by atoms with van der Waals surface area (Å²) in [6, 6.07) is 0.706. The minimum Gasteiger partial charge on any atom is -0.508 e. The van der Waals surface area contributed by atoms with Crippen LogP contribution in [-0.2, 0) is 32.0 Å². The van der Waals surface area contributed by atoms with E-state index in [9.17, 15) is 24.6 Å². The van der Waals surface area contributed by atoms with Crippen molar-refractivity contribution in [3.8, 4) is 11.5 Å². The van der Waals surface area contributed by atoms with Gasteiger partial charge in [0.05, 0.1) is 25.8 Å². The van der Waals surface area contributed by atoms with Crippen LogP contribution in [0.3, 0.4) is 0 Å². The Kier molecular flexibility index (Phi) is 7.88. The number of fused-ring (bicyclic) bond motifs is 3. The summed E-state index contributed by atoms with van der Waals surface area (Å²) in [4.78, 5) is 44.3. The number of hydrogen-bond donors (Lipinski definition) is 3. The highest BCUT2D eigenvalue weighted by atomic mass is 16.5. The zero-order valence-electron chi connectivity index (χ0n) is 25.2. The molecule has 1 fully saturated rings. The fourth-order valence-corrected chi connectivity index (χ4v) is 7.75. The summed E-state index contributed by atoms with van der Waals surface area (Å²) < 4.78 is 17.7. The van der Waals surface area contributed by atoms with Crippen LogP contribution in [0.2, 0.25) is 0 Å². The second-order valence-electron chi connectivity index (χ2n) is 12.2. The second-order valence-corrected chi connectivity index (χ2v) is 12.2. The number of aliphatic hydroxyl groups excluding tert-OH is 1. The molecule has 1 saturated heterocycles. The summed E-state index contributed by atoms with van der Waals surface area (Å²) in [5.41, 5.74) is 4.93. The molecule has 0 aromatic heterocycles. The Bertz CT molecular complexity index is 1390. The molecule has 228 valence electrons. The summed E-state index contributed by atoms with van der Waals surface area (Å²) in [6.45, 7) is 4.72. The number of likely N-dealkylation sites (tertiary alicyclic amines) is 1. The lowest BCUT2D eigenvalue weighted by Crippen LogP contribution is -2.63. The van der Waals surface area contributed by atoms with Gasteiger partial charge < -0.3 is 30.2 Å². The molecule has 4 aliphatic rings.